The fourth-order valence-corrected chi connectivity index (χ4v) is 2.35. The Kier molecular flexibility index (Phi) is 5.30. The fraction of sp³-hybridized carbons (Fsp3) is 0.0556. The van der Waals surface area contributed by atoms with Gasteiger partial charge in [-0.15, -0.1) is 0 Å². The summed E-state index contributed by atoms with van der Waals surface area (Å²) in [5, 5.41) is 14.1. The number of carbonyl (C=O) groups excluding carboxylic acids is 1. The number of nitrogens with zero attached hydrogens (tertiary/aromatic N) is 3. The van der Waals surface area contributed by atoms with Crippen LogP contribution in [0.1, 0.15) is 15.9 Å². The lowest BCUT2D eigenvalue weighted by molar-refractivity contribution is 0.0955. The highest BCUT2D eigenvalue weighted by molar-refractivity contribution is 5.94. The summed E-state index contributed by atoms with van der Waals surface area (Å²) in [6.45, 7) is 0. The van der Waals surface area contributed by atoms with Gasteiger partial charge in [-0.1, -0.05) is 0 Å². The molecule has 0 aliphatic rings. The van der Waals surface area contributed by atoms with E-state index < -0.39 is 23.0 Å². The van der Waals surface area contributed by atoms with Crippen molar-refractivity contribution in [2.24, 2.45) is 5.10 Å². The average Bonchev–Trinajstić information content (AvgIpc) is 2.71. The molecule has 10 heteroatoms. The zero-order valence-electron chi connectivity index (χ0n) is 14.6. The molecule has 2 aromatic heterocycles. The third kappa shape index (κ3) is 3.80. The van der Waals surface area contributed by atoms with E-state index in [0.717, 1.165) is 10.8 Å². The number of ether oxygens (including phenoxy) is 1. The predicted octanol–water partition coefficient (Wildman–Crippen LogP) is 0.399. The Morgan fingerprint density at radius 2 is 1.89 bits per heavy atom. The topological polar surface area (TPSA) is 139 Å². The van der Waals surface area contributed by atoms with Gasteiger partial charge in [0.2, 0.25) is 5.88 Å². The molecular formula is C18H15N5O5. The Morgan fingerprint density at radius 3 is 2.54 bits per heavy atom. The number of hydrogen-bond acceptors (Lipinski definition) is 7. The molecule has 0 saturated heterocycles. The number of hydrogen-bond donors (Lipinski definition) is 3. The molecule has 28 heavy (non-hydrogen) atoms. The Balaban J connectivity index is 1.92. The molecule has 1 amide bonds. The van der Waals surface area contributed by atoms with Crippen molar-refractivity contribution in [1.29, 1.82) is 0 Å². The van der Waals surface area contributed by atoms with Crippen molar-refractivity contribution >= 4 is 12.1 Å². The summed E-state index contributed by atoms with van der Waals surface area (Å²) >= 11 is 0. The quantitative estimate of drug-likeness (QED) is 0.432. The summed E-state index contributed by atoms with van der Waals surface area (Å²) in [6, 6.07) is 9.22. The normalized spacial score (nSPS) is 10.8. The monoisotopic (exact) mass is 381 g/mol. The van der Waals surface area contributed by atoms with Gasteiger partial charge in [0.05, 0.1) is 19.0 Å². The average molecular weight is 381 g/mol. The minimum atomic E-state index is -0.853. The Bertz CT molecular complexity index is 1130. The van der Waals surface area contributed by atoms with E-state index in [1.165, 1.54) is 43.8 Å². The number of nitrogens with one attached hydrogen (secondary N) is 2. The highest BCUT2D eigenvalue weighted by Crippen LogP contribution is 2.18. The number of methoxy groups -OCH3 is 1. The van der Waals surface area contributed by atoms with Gasteiger partial charge in [-0.25, -0.2) is 14.8 Å². The maximum atomic E-state index is 12.1. The number of aromatic hydroxyl groups is 1. The van der Waals surface area contributed by atoms with Crippen molar-refractivity contribution < 1.29 is 14.6 Å². The SMILES string of the molecule is COc1ccc(-n2c(O)c(/C=N/NC(=O)c3ccncc3)c(=O)[nH]c2=O)cc1. The maximum Gasteiger partial charge on any atom is 0.335 e. The molecule has 0 saturated carbocycles. The van der Waals surface area contributed by atoms with Gasteiger partial charge in [-0.05, 0) is 36.4 Å². The number of H-pyrrole nitrogens is 1. The molecule has 0 radical (unpaired) electrons. The first-order valence-electron chi connectivity index (χ1n) is 7.97. The third-order valence-corrected chi connectivity index (χ3v) is 3.75. The molecule has 0 aliphatic heterocycles. The molecular weight excluding hydrogens is 366 g/mol. The minimum Gasteiger partial charge on any atom is -0.497 e. The van der Waals surface area contributed by atoms with Gasteiger partial charge in [0, 0.05) is 18.0 Å². The Morgan fingerprint density at radius 1 is 1.21 bits per heavy atom. The van der Waals surface area contributed by atoms with E-state index in [2.05, 4.69) is 20.5 Å². The van der Waals surface area contributed by atoms with Gasteiger partial charge in [0.25, 0.3) is 11.5 Å². The van der Waals surface area contributed by atoms with Crippen LogP contribution in [0.25, 0.3) is 5.69 Å². The van der Waals surface area contributed by atoms with Crippen LogP contribution in [0.4, 0.5) is 0 Å². The molecule has 0 aliphatic carbocycles. The lowest BCUT2D eigenvalue weighted by atomic mass is 10.2. The Labute approximate surface area is 157 Å². The van der Waals surface area contributed by atoms with Crippen LogP contribution in [0.15, 0.2) is 63.5 Å². The summed E-state index contributed by atoms with van der Waals surface area (Å²) in [7, 11) is 1.49. The van der Waals surface area contributed by atoms with Crippen molar-refractivity contribution in [2.75, 3.05) is 7.11 Å². The van der Waals surface area contributed by atoms with Gasteiger partial charge >= 0.3 is 5.69 Å². The third-order valence-electron chi connectivity index (χ3n) is 3.75. The zero-order chi connectivity index (χ0) is 20.1. The summed E-state index contributed by atoms with van der Waals surface area (Å²) in [5.41, 5.74) is 0.859. The van der Waals surface area contributed by atoms with Crippen LogP contribution in [0, 0.1) is 0 Å². The highest BCUT2D eigenvalue weighted by atomic mass is 16.5. The van der Waals surface area contributed by atoms with Crippen LogP contribution >= 0.6 is 0 Å². The molecule has 0 fully saturated rings. The number of benzene rings is 1. The molecule has 0 spiro atoms. The van der Waals surface area contributed by atoms with Crippen LogP contribution < -0.4 is 21.4 Å². The van der Waals surface area contributed by atoms with Crippen molar-refractivity contribution in [3.05, 3.63) is 80.8 Å². The number of rotatable bonds is 5. The van der Waals surface area contributed by atoms with E-state index in [1.54, 1.807) is 12.1 Å². The molecule has 3 aromatic rings. The summed E-state index contributed by atoms with van der Waals surface area (Å²) in [4.78, 5) is 42.0. The van der Waals surface area contributed by atoms with E-state index in [9.17, 15) is 19.5 Å². The number of aromatic amines is 1. The first-order valence-corrected chi connectivity index (χ1v) is 7.97. The highest BCUT2D eigenvalue weighted by Gasteiger charge is 2.14. The molecule has 0 unspecified atom stereocenters. The lowest BCUT2D eigenvalue weighted by Gasteiger charge is -2.10. The number of carbonyl (C=O) groups is 1. The van der Waals surface area contributed by atoms with Gasteiger partial charge in [0.1, 0.15) is 11.3 Å². The van der Waals surface area contributed by atoms with Crippen molar-refractivity contribution in [3.63, 3.8) is 0 Å². The van der Waals surface area contributed by atoms with Crippen molar-refractivity contribution in [2.45, 2.75) is 0 Å². The van der Waals surface area contributed by atoms with Gasteiger partial charge in [-0.3, -0.25) is 19.6 Å². The predicted molar refractivity (Wildman–Crippen MR) is 100 cm³/mol. The lowest BCUT2D eigenvalue weighted by Crippen LogP contribution is -2.31. The molecule has 1 aromatic carbocycles. The van der Waals surface area contributed by atoms with Crippen LogP contribution in [-0.2, 0) is 0 Å². The molecule has 142 valence electrons. The molecule has 3 N–H and O–H groups in total. The van der Waals surface area contributed by atoms with E-state index in [0.29, 0.717) is 17.0 Å². The van der Waals surface area contributed by atoms with Gasteiger partial charge in [-0.2, -0.15) is 5.10 Å². The molecule has 0 bridgehead atoms. The molecule has 10 nitrogen and oxygen atoms in total. The summed E-state index contributed by atoms with van der Waals surface area (Å²) in [6.07, 6.45) is 3.84. The summed E-state index contributed by atoms with van der Waals surface area (Å²) in [5.74, 6) is -0.597. The second kappa shape index (κ2) is 7.99. The number of hydrazone groups is 1. The maximum absolute atomic E-state index is 12.1. The van der Waals surface area contributed by atoms with Gasteiger partial charge in [0.15, 0.2) is 0 Å². The van der Waals surface area contributed by atoms with E-state index in [4.69, 9.17) is 4.74 Å². The van der Waals surface area contributed by atoms with E-state index in [-0.39, 0.29) is 5.56 Å². The van der Waals surface area contributed by atoms with Crippen LogP contribution in [0.2, 0.25) is 0 Å². The van der Waals surface area contributed by atoms with E-state index in [1.807, 2.05) is 0 Å². The van der Waals surface area contributed by atoms with Crippen LogP contribution in [-0.4, -0.2) is 38.9 Å². The molecule has 0 atom stereocenters. The first-order chi connectivity index (χ1) is 13.5. The van der Waals surface area contributed by atoms with Crippen molar-refractivity contribution in [1.82, 2.24) is 20.0 Å². The van der Waals surface area contributed by atoms with Gasteiger partial charge < -0.3 is 9.84 Å². The number of pyridine rings is 1. The Hall–Kier alpha value is -4.21. The largest absolute Gasteiger partial charge is 0.497 e. The molecule has 2 heterocycles. The zero-order valence-corrected chi connectivity index (χ0v) is 14.6. The second-order valence-corrected chi connectivity index (χ2v) is 5.47. The number of aromatic nitrogens is 3. The minimum absolute atomic E-state index is 0.301. The second-order valence-electron chi connectivity index (χ2n) is 5.47. The first kappa shape index (κ1) is 18.6. The smallest absolute Gasteiger partial charge is 0.335 e. The van der Waals surface area contributed by atoms with Crippen LogP contribution in [0.5, 0.6) is 11.6 Å². The summed E-state index contributed by atoms with van der Waals surface area (Å²) < 4.78 is 5.94. The molecule has 3 rings (SSSR count). The number of amides is 1. The van der Waals surface area contributed by atoms with Crippen molar-refractivity contribution in [3.8, 4) is 17.3 Å². The van der Waals surface area contributed by atoms with E-state index >= 15 is 0 Å². The standard InChI is InChI=1S/C18H15N5O5/c1-28-13-4-2-12(3-5-13)23-17(26)14(16(25)21-18(23)27)10-20-22-15(24)11-6-8-19-9-7-11/h2-10,26H,1H3,(H,22,24)(H,21,25,27)/b20-10+. The fourth-order valence-electron chi connectivity index (χ4n) is 2.35. The van der Waals surface area contributed by atoms with Crippen LogP contribution in [0.3, 0.4) is 0 Å².